The van der Waals surface area contributed by atoms with E-state index in [-0.39, 0.29) is 37.1 Å². The number of carbonyl (C=O) groups is 2. The number of hydrogen-bond donors (Lipinski definition) is 1. The van der Waals surface area contributed by atoms with Gasteiger partial charge >= 0.3 is 5.97 Å². The van der Waals surface area contributed by atoms with Gasteiger partial charge in [0.1, 0.15) is 17.9 Å². The van der Waals surface area contributed by atoms with Crippen LogP contribution in [-0.4, -0.2) is 115 Å². The summed E-state index contributed by atoms with van der Waals surface area (Å²) in [6.07, 6.45) is -3.55. The first-order chi connectivity index (χ1) is 24.0. The van der Waals surface area contributed by atoms with Crippen molar-refractivity contribution in [3.63, 3.8) is 0 Å². The number of fused-ring (bicyclic) bond motifs is 5. The fourth-order valence-corrected chi connectivity index (χ4v) is 8.69. The number of Topliss-reactive ketones (excluding diaryl/α,β-unsaturated/α-hetero) is 1. The summed E-state index contributed by atoms with van der Waals surface area (Å²) in [6.45, 7) is 15.2. The highest BCUT2D eigenvalue weighted by Crippen LogP contribution is 2.45. The minimum atomic E-state index is -1.31. The van der Waals surface area contributed by atoms with Gasteiger partial charge < -0.3 is 43.3 Å². The second-order valence-electron chi connectivity index (χ2n) is 15.7. The first-order valence-electron chi connectivity index (χ1n) is 18.3. The maximum atomic E-state index is 14.1. The number of benzene rings is 1. The van der Waals surface area contributed by atoms with Crippen LogP contribution >= 0.6 is 11.6 Å². The van der Waals surface area contributed by atoms with Gasteiger partial charge in [0.25, 0.3) is 0 Å². The molecule has 5 rings (SSSR count). The van der Waals surface area contributed by atoms with E-state index in [2.05, 4.69) is 5.16 Å². The van der Waals surface area contributed by atoms with Crippen LogP contribution in [0.15, 0.2) is 29.4 Å². The molecule has 51 heavy (non-hydrogen) atoms. The average molecular weight is 737 g/mol. The lowest BCUT2D eigenvalue weighted by molar-refractivity contribution is -0.302. The summed E-state index contributed by atoms with van der Waals surface area (Å²) in [6, 6.07) is 6.62. The lowest BCUT2D eigenvalue weighted by Gasteiger charge is -2.48. The maximum absolute atomic E-state index is 14.1. The molecule has 1 aromatic rings. The number of halogens is 1. The molecule has 4 bridgehead atoms. The van der Waals surface area contributed by atoms with Gasteiger partial charge in [-0.15, -0.1) is 0 Å². The Balaban J connectivity index is 1.61. The van der Waals surface area contributed by atoms with Crippen LogP contribution in [0.5, 0.6) is 5.75 Å². The van der Waals surface area contributed by atoms with Crippen molar-refractivity contribution in [1.82, 2.24) is 4.90 Å². The van der Waals surface area contributed by atoms with Crippen LogP contribution in [0.3, 0.4) is 0 Å². The van der Waals surface area contributed by atoms with E-state index in [1.54, 1.807) is 38.1 Å². The van der Waals surface area contributed by atoms with Crippen LogP contribution in [0, 0.1) is 23.7 Å². The molecule has 3 unspecified atom stereocenters. The largest absolute Gasteiger partial charge is 0.459 e. The van der Waals surface area contributed by atoms with Crippen molar-refractivity contribution in [2.75, 3.05) is 27.3 Å². The summed E-state index contributed by atoms with van der Waals surface area (Å²) >= 11 is 6.07. The van der Waals surface area contributed by atoms with Gasteiger partial charge in [-0.05, 0) is 91.2 Å². The Labute approximate surface area is 307 Å². The van der Waals surface area contributed by atoms with Gasteiger partial charge in [0.2, 0.25) is 0 Å². The molecule has 0 spiro atoms. The highest BCUT2D eigenvalue weighted by molar-refractivity contribution is 6.30. The summed E-state index contributed by atoms with van der Waals surface area (Å²) in [4.78, 5) is 35.8. The topological polar surface area (TPSA) is 135 Å². The van der Waals surface area contributed by atoms with Gasteiger partial charge in [0.05, 0.1) is 49.1 Å². The Hall–Kier alpha value is -2.16. The van der Waals surface area contributed by atoms with Gasteiger partial charge in [0, 0.05) is 22.9 Å². The number of ether oxygens (including phenoxy) is 6. The van der Waals surface area contributed by atoms with Gasteiger partial charge in [-0.3, -0.25) is 9.59 Å². The van der Waals surface area contributed by atoms with Crippen molar-refractivity contribution >= 4 is 29.1 Å². The molecule has 4 heterocycles. The van der Waals surface area contributed by atoms with Crippen LogP contribution in [0.4, 0.5) is 0 Å². The molecule has 4 aliphatic rings. The van der Waals surface area contributed by atoms with E-state index < -0.39 is 71.7 Å². The zero-order valence-electron chi connectivity index (χ0n) is 31.7. The molecule has 13 heteroatoms. The normalized spacial score (nSPS) is 43.4. The number of rotatable bonds is 6. The van der Waals surface area contributed by atoms with Gasteiger partial charge in [-0.25, -0.2) is 0 Å². The average Bonchev–Trinajstić information content (AvgIpc) is 3.34. The molecule has 0 radical (unpaired) electrons. The number of oxime groups is 1. The second-order valence-corrected chi connectivity index (χ2v) is 16.2. The van der Waals surface area contributed by atoms with E-state index >= 15 is 0 Å². The lowest BCUT2D eigenvalue weighted by Crippen LogP contribution is -2.59. The number of carbonyl (C=O) groups excluding carboxylic acids is 2. The van der Waals surface area contributed by atoms with Crippen molar-refractivity contribution < 1.29 is 48.0 Å². The Kier molecular flexibility index (Phi) is 12.6. The zero-order chi connectivity index (χ0) is 37.4. The molecule has 286 valence electrons. The molecule has 1 N–H and O–H groups in total. The third kappa shape index (κ3) is 8.33. The van der Waals surface area contributed by atoms with Crippen LogP contribution in [0.1, 0.15) is 74.7 Å². The number of aliphatic hydroxyl groups excluding tert-OH is 1. The Morgan fingerprint density at radius 1 is 1.02 bits per heavy atom. The highest BCUT2D eigenvalue weighted by atomic mass is 35.5. The molecule has 4 fully saturated rings. The SMILES string of the molecule is CC[C@H]1OC(=O)[C@@H](C)[C@H]2OC/C(=N/Oc3ccc(Cl)cc3)CO[C@@](C)(C[C@@H](C)C3OC1(C)C(=O)C3C)[C@H](O[C@@H]1O[C@H](C)C[C@H](N(C)C)[C@H]1O)[C@@H]2C. The molecular weight excluding hydrogens is 680 g/mol. The molecule has 4 aliphatic heterocycles. The molecular formula is C38H57ClN2O10. The second kappa shape index (κ2) is 16.1. The molecule has 1 aromatic carbocycles. The number of likely N-dealkylation sites (N-methyl/N-ethyl adjacent to an activating group) is 1. The minimum absolute atomic E-state index is 0.00294. The molecule has 0 aromatic heterocycles. The third-order valence-corrected chi connectivity index (χ3v) is 11.7. The van der Waals surface area contributed by atoms with Crippen LogP contribution in [0.25, 0.3) is 0 Å². The monoisotopic (exact) mass is 736 g/mol. The zero-order valence-corrected chi connectivity index (χ0v) is 32.4. The fourth-order valence-electron chi connectivity index (χ4n) is 8.56. The number of ketones is 1. The summed E-state index contributed by atoms with van der Waals surface area (Å²) in [7, 11) is 3.85. The Morgan fingerprint density at radius 3 is 2.35 bits per heavy atom. The molecule has 4 saturated heterocycles. The van der Waals surface area contributed by atoms with E-state index in [9.17, 15) is 14.7 Å². The van der Waals surface area contributed by atoms with Crippen molar-refractivity contribution in [2.45, 2.75) is 135 Å². The predicted molar refractivity (Wildman–Crippen MR) is 191 cm³/mol. The van der Waals surface area contributed by atoms with Crippen LogP contribution < -0.4 is 4.84 Å². The van der Waals surface area contributed by atoms with Gasteiger partial charge in [-0.1, -0.05) is 44.5 Å². The van der Waals surface area contributed by atoms with Crippen molar-refractivity contribution in [3.05, 3.63) is 29.3 Å². The molecule has 14 atom stereocenters. The highest BCUT2D eigenvalue weighted by Gasteiger charge is 2.58. The van der Waals surface area contributed by atoms with E-state index in [1.807, 2.05) is 60.5 Å². The van der Waals surface area contributed by atoms with Gasteiger partial charge in [-0.2, -0.15) is 0 Å². The number of hydrogen-bond acceptors (Lipinski definition) is 12. The first-order valence-corrected chi connectivity index (χ1v) is 18.7. The molecule has 0 aliphatic carbocycles. The van der Waals surface area contributed by atoms with Crippen molar-refractivity contribution in [3.8, 4) is 5.75 Å². The quantitative estimate of drug-likeness (QED) is 0.311. The Bertz CT molecular complexity index is 1410. The van der Waals surface area contributed by atoms with E-state index in [0.29, 0.717) is 35.7 Å². The van der Waals surface area contributed by atoms with E-state index in [4.69, 9.17) is 44.9 Å². The fraction of sp³-hybridized carbons (Fsp3) is 0.763. The number of aliphatic hydroxyl groups is 1. The van der Waals surface area contributed by atoms with Gasteiger partial charge in [0.15, 0.2) is 23.4 Å². The standard InChI is InChI=1S/C38H57ClN2O10/c1-11-29-38(8)33(43)22(4)31(50-38)20(2)17-37(7)34(49-36-30(42)28(41(9)10)16-21(3)47-36)23(5)32(24(6)35(44)48-29)45-18-26(19-46-37)40-51-27-14-12-25(39)13-15-27/h12-15,20-24,28-32,34,36,42H,11,16-19H2,1-10H3/b40-26-/t20-,21-,22?,23-,24+,28+,29-,30-,31?,32+,34-,36+,37+,38?/m1/s1. The lowest BCUT2D eigenvalue weighted by atomic mass is 9.75. The summed E-state index contributed by atoms with van der Waals surface area (Å²) < 4.78 is 39.5. The van der Waals surface area contributed by atoms with Crippen LogP contribution in [-0.2, 0) is 38.0 Å². The summed E-state index contributed by atoms with van der Waals surface area (Å²) in [5, 5.41) is 16.6. The summed E-state index contributed by atoms with van der Waals surface area (Å²) in [5.74, 6) is -2.10. The number of cyclic esters (lactones) is 1. The van der Waals surface area contributed by atoms with E-state index in [0.717, 1.165) is 0 Å². The van der Waals surface area contributed by atoms with Crippen molar-refractivity contribution in [2.24, 2.45) is 28.8 Å². The minimum Gasteiger partial charge on any atom is -0.459 e. The number of esters is 1. The molecule has 12 nitrogen and oxygen atoms in total. The third-order valence-electron chi connectivity index (χ3n) is 11.4. The maximum Gasteiger partial charge on any atom is 0.311 e. The first kappa shape index (κ1) is 40.0. The molecule has 0 saturated carbocycles. The molecule has 0 amide bonds. The van der Waals surface area contributed by atoms with E-state index in [1.165, 1.54) is 0 Å². The smallest absolute Gasteiger partial charge is 0.311 e. The number of nitrogens with zero attached hydrogens (tertiary/aromatic N) is 2. The summed E-state index contributed by atoms with van der Waals surface area (Å²) in [5.41, 5.74) is -1.95. The predicted octanol–water partition coefficient (Wildman–Crippen LogP) is 5.06. The Morgan fingerprint density at radius 2 is 1.71 bits per heavy atom. The van der Waals surface area contributed by atoms with Crippen LogP contribution in [0.2, 0.25) is 5.02 Å². The van der Waals surface area contributed by atoms with Crippen molar-refractivity contribution in [1.29, 1.82) is 0 Å².